The molecular weight excluding hydrogens is 316 g/mol. The minimum absolute atomic E-state index is 0.232. The highest BCUT2D eigenvalue weighted by Crippen LogP contribution is 2.30. The van der Waals surface area contributed by atoms with E-state index in [2.05, 4.69) is 10.3 Å². The van der Waals surface area contributed by atoms with E-state index >= 15 is 0 Å². The Labute approximate surface area is 126 Å². The van der Waals surface area contributed by atoms with Crippen LogP contribution in [-0.2, 0) is 4.79 Å². The summed E-state index contributed by atoms with van der Waals surface area (Å²) in [6, 6.07) is 2.90. The van der Waals surface area contributed by atoms with Crippen LogP contribution in [0.15, 0.2) is 29.8 Å². The van der Waals surface area contributed by atoms with Gasteiger partial charge in [0.2, 0.25) is 0 Å². The van der Waals surface area contributed by atoms with Crippen molar-refractivity contribution >= 4 is 33.8 Å². The molecule has 11 heteroatoms. The molecule has 1 aromatic heterocycles. The average Bonchev–Trinajstić information content (AvgIpc) is 2.97. The maximum absolute atomic E-state index is 11.6. The number of non-ortho nitro benzene ring substituents is 1. The van der Waals surface area contributed by atoms with Crippen molar-refractivity contribution in [3.8, 4) is 5.75 Å². The number of carbonyl (C=O) groups is 1. The highest BCUT2D eigenvalue weighted by Gasteiger charge is 2.21. The van der Waals surface area contributed by atoms with Crippen LogP contribution in [0.25, 0.3) is 0 Å². The summed E-state index contributed by atoms with van der Waals surface area (Å²) >= 11 is 1.20. The van der Waals surface area contributed by atoms with Crippen molar-refractivity contribution in [1.82, 2.24) is 4.98 Å². The Morgan fingerprint density at radius 1 is 1.32 bits per heavy atom. The van der Waals surface area contributed by atoms with E-state index in [0.29, 0.717) is 5.13 Å². The van der Waals surface area contributed by atoms with E-state index in [4.69, 9.17) is 4.74 Å². The van der Waals surface area contributed by atoms with Gasteiger partial charge in [-0.3, -0.25) is 30.3 Å². The molecule has 0 saturated carbocycles. The van der Waals surface area contributed by atoms with Gasteiger partial charge in [-0.2, -0.15) is 0 Å². The monoisotopic (exact) mass is 324 g/mol. The van der Waals surface area contributed by atoms with E-state index < -0.39 is 33.7 Å². The number of nitrogens with one attached hydrogen (secondary N) is 1. The van der Waals surface area contributed by atoms with Crippen molar-refractivity contribution in [3.63, 3.8) is 0 Å². The standard InChI is InChI=1S/C11H8N4O6S/c16-10(13-11-12-3-4-22-11)6-21-9-2-1-7(14(17)18)5-8(9)15(19)20/h1-5H,6H2,(H,12,13,16). The predicted molar refractivity (Wildman–Crippen MR) is 76.0 cm³/mol. The van der Waals surface area contributed by atoms with Crippen molar-refractivity contribution in [1.29, 1.82) is 0 Å². The second kappa shape index (κ2) is 6.58. The molecule has 1 heterocycles. The molecule has 0 aliphatic heterocycles. The van der Waals surface area contributed by atoms with Crippen LogP contribution in [0.4, 0.5) is 16.5 Å². The van der Waals surface area contributed by atoms with Crippen LogP contribution in [0.3, 0.4) is 0 Å². The number of ether oxygens (including phenoxy) is 1. The molecule has 0 radical (unpaired) electrons. The molecule has 2 aromatic rings. The van der Waals surface area contributed by atoms with Gasteiger partial charge in [0.15, 0.2) is 17.5 Å². The van der Waals surface area contributed by atoms with Crippen LogP contribution in [-0.4, -0.2) is 27.3 Å². The first-order chi connectivity index (χ1) is 10.5. The molecule has 0 spiro atoms. The van der Waals surface area contributed by atoms with Gasteiger partial charge < -0.3 is 4.74 Å². The fraction of sp³-hybridized carbons (Fsp3) is 0.0909. The molecule has 1 amide bonds. The van der Waals surface area contributed by atoms with Crippen LogP contribution in [0.2, 0.25) is 0 Å². The van der Waals surface area contributed by atoms with Gasteiger partial charge in [0, 0.05) is 17.6 Å². The predicted octanol–water partition coefficient (Wildman–Crippen LogP) is 1.98. The highest BCUT2D eigenvalue weighted by molar-refractivity contribution is 7.13. The number of aromatic nitrogens is 1. The number of thiazole rings is 1. The first kappa shape index (κ1) is 15.3. The zero-order valence-electron chi connectivity index (χ0n) is 10.8. The maximum atomic E-state index is 11.6. The van der Waals surface area contributed by atoms with Crippen molar-refractivity contribution in [3.05, 3.63) is 50.0 Å². The van der Waals surface area contributed by atoms with Gasteiger partial charge in [0.05, 0.1) is 15.9 Å². The second-order valence-corrected chi connectivity index (χ2v) is 4.73. The van der Waals surface area contributed by atoms with Crippen molar-refractivity contribution in [2.24, 2.45) is 0 Å². The summed E-state index contributed by atoms with van der Waals surface area (Å²) in [6.45, 7) is -0.488. The van der Waals surface area contributed by atoms with E-state index in [1.807, 2.05) is 0 Å². The first-order valence-corrected chi connectivity index (χ1v) is 6.60. The number of anilines is 1. The number of carbonyl (C=O) groups excluding carboxylic acids is 1. The first-order valence-electron chi connectivity index (χ1n) is 5.72. The third-order valence-electron chi connectivity index (χ3n) is 2.39. The Kier molecular flexibility index (Phi) is 4.58. The normalized spacial score (nSPS) is 10.0. The van der Waals surface area contributed by atoms with Crippen LogP contribution in [0.5, 0.6) is 5.75 Å². The largest absolute Gasteiger partial charge is 0.477 e. The van der Waals surface area contributed by atoms with E-state index in [-0.39, 0.29) is 5.75 Å². The molecule has 0 aliphatic carbocycles. The third kappa shape index (κ3) is 3.73. The number of nitro benzene ring substituents is 2. The number of benzene rings is 1. The molecule has 114 valence electrons. The molecule has 0 aliphatic rings. The molecule has 10 nitrogen and oxygen atoms in total. The lowest BCUT2D eigenvalue weighted by Crippen LogP contribution is -2.20. The summed E-state index contributed by atoms with van der Waals surface area (Å²) in [5.41, 5.74) is -1.03. The summed E-state index contributed by atoms with van der Waals surface area (Å²) in [7, 11) is 0. The molecule has 0 atom stereocenters. The lowest BCUT2D eigenvalue weighted by molar-refractivity contribution is -0.394. The van der Waals surface area contributed by atoms with E-state index in [9.17, 15) is 25.0 Å². The van der Waals surface area contributed by atoms with Gasteiger partial charge >= 0.3 is 5.69 Å². The lowest BCUT2D eigenvalue weighted by atomic mass is 10.2. The van der Waals surface area contributed by atoms with Crippen LogP contribution in [0.1, 0.15) is 0 Å². The number of amides is 1. The van der Waals surface area contributed by atoms with Crippen molar-refractivity contribution in [2.45, 2.75) is 0 Å². The van der Waals surface area contributed by atoms with E-state index in [1.165, 1.54) is 17.5 Å². The van der Waals surface area contributed by atoms with E-state index in [0.717, 1.165) is 18.2 Å². The number of rotatable bonds is 6. The molecular formula is C11H8N4O6S. The Hall–Kier alpha value is -3.08. The van der Waals surface area contributed by atoms with Gasteiger partial charge in [-0.1, -0.05) is 0 Å². The van der Waals surface area contributed by atoms with Crippen LogP contribution >= 0.6 is 11.3 Å². The summed E-state index contributed by atoms with van der Waals surface area (Å²) in [5, 5.41) is 26.0. The number of nitrogens with zero attached hydrogens (tertiary/aromatic N) is 3. The number of nitro groups is 2. The second-order valence-electron chi connectivity index (χ2n) is 3.84. The van der Waals surface area contributed by atoms with Gasteiger partial charge in [-0.15, -0.1) is 11.3 Å². The number of hydrogen-bond donors (Lipinski definition) is 1. The quantitative estimate of drug-likeness (QED) is 0.633. The molecule has 1 N–H and O–H groups in total. The summed E-state index contributed by atoms with van der Waals surface area (Å²) < 4.78 is 5.04. The lowest BCUT2D eigenvalue weighted by Gasteiger charge is -2.06. The van der Waals surface area contributed by atoms with Gasteiger partial charge in [0.25, 0.3) is 11.6 Å². The minimum Gasteiger partial charge on any atom is -0.477 e. The third-order valence-corrected chi connectivity index (χ3v) is 3.08. The maximum Gasteiger partial charge on any atom is 0.317 e. The summed E-state index contributed by atoms with van der Waals surface area (Å²) in [6.07, 6.45) is 1.50. The molecule has 0 bridgehead atoms. The molecule has 2 rings (SSSR count). The minimum atomic E-state index is -0.818. The Morgan fingerprint density at radius 3 is 2.68 bits per heavy atom. The zero-order chi connectivity index (χ0) is 16.1. The Balaban J connectivity index is 2.07. The zero-order valence-corrected chi connectivity index (χ0v) is 11.6. The molecule has 22 heavy (non-hydrogen) atoms. The summed E-state index contributed by atoms with van der Waals surface area (Å²) in [5.74, 6) is -0.785. The molecule has 0 unspecified atom stereocenters. The van der Waals surface area contributed by atoms with Gasteiger partial charge in [-0.05, 0) is 6.07 Å². The molecule has 1 aromatic carbocycles. The van der Waals surface area contributed by atoms with Gasteiger partial charge in [-0.25, -0.2) is 4.98 Å². The van der Waals surface area contributed by atoms with Crippen LogP contribution < -0.4 is 10.1 Å². The fourth-order valence-corrected chi connectivity index (χ4v) is 2.01. The summed E-state index contributed by atoms with van der Waals surface area (Å²) in [4.78, 5) is 35.3. The Bertz CT molecular complexity index is 717. The van der Waals surface area contributed by atoms with E-state index in [1.54, 1.807) is 5.38 Å². The van der Waals surface area contributed by atoms with Crippen molar-refractivity contribution in [2.75, 3.05) is 11.9 Å². The molecule has 0 saturated heterocycles. The highest BCUT2D eigenvalue weighted by atomic mass is 32.1. The fourth-order valence-electron chi connectivity index (χ4n) is 1.47. The Morgan fingerprint density at radius 2 is 2.09 bits per heavy atom. The average molecular weight is 324 g/mol. The van der Waals surface area contributed by atoms with Gasteiger partial charge in [0.1, 0.15) is 0 Å². The topological polar surface area (TPSA) is 138 Å². The SMILES string of the molecule is O=C(COc1ccc([N+](=O)[O-])cc1[N+](=O)[O-])Nc1nccs1. The van der Waals surface area contributed by atoms with Crippen LogP contribution in [0, 0.1) is 20.2 Å². The number of hydrogen-bond acceptors (Lipinski definition) is 8. The van der Waals surface area contributed by atoms with Crippen molar-refractivity contribution < 1.29 is 19.4 Å². The smallest absolute Gasteiger partial charge is 0.317 e. The molecule has 0 fully saturated rings.